The van der Waals surface area contributed by atoms with Crippen molar-refractivity contribution in [1.29, 1.82) is 0 Å². The molecule has 0 aliphatic heterocycles. The molecule has 0 saturated heterocycles. The molecule has 1 nitrogen and oxygen atoms in total. The topological polar surface area (TPSA) is 4.93 Å². The fourth-order valence-corrected chi connectivity index (χ4v) is 8.66. The first-order chi connectivity index (χ1) is 20.1. The zero-order valence-corrected chi connectivity index (χ0v) is 23.8. The molecule has 2 heteroatoms. The molecule has 41 heavy (non-hydrogen) atoms. The summed E-state index contributed by atoms with van der Waals surface area (Å²) < 4.78 is 5.27. The highest BCUT2D eigenvalue weighted by atomic mass is 32.1. The highest BCUT2D eigenvalue weighted by Crippen LogP contribution is 2.58. The van der Waals surface area contributed by atoms with E-state index in [1.165, 1.54) is 81.0 Å². The maximum absolute atomic E-state index is 2.53. The first-order valence-corrected chi connectivity index (χ1v) is 15.1. The van der Waals surface area contributed by atoms with Crippen molar-refractivity contribution in [2.24, 2.45) is 0 Å². The molecule has 0 unspecified atom stereocenters. The molecule has 1 aliphatic rings. The van der Waals surface area contributed by atoms with Crippen molar-refractivity contribution in [2.75, 3.05) is 0 Å². The van der Waals surface area contributed by atoms with Crippen LogP contribution in [0.1, 0.15) is 25.0 Å². The first kappa shape index (κ1) is 23.1. The smallest absolute Gasteiger partial charge is 0.0637 e. The molecule has 2 aromatic heterocycles. The van der Waals surface area contributed by atoms with Crippen LogP contribution in [0.5, 0.6) is 0 Å². The Morgan fingerprint density at radius 1 is 0.585 bits per heavy atom. The summed E-state index contributed by atoms with van der Waals surface area (Å²) in [6, 6.07) is 46.8. The fourth-order valence-electron chi connectivity index (χ4n) is 7.39. The summed E-state index contributed by atoms with van der Waals surface area (Å²) in [6.07, 6.45) is 0. The van der Waals surface area contributed by atoms with Crippen LogP contribution in [-0.4, -0.2) is 4.57 Å². The standard InChI is InChI=1S/C39H27NS/c1-39(2)30-17-9-6-14-27(30)34-36(39)33-28-15-7-10-18-31(28)40(26-22-20-25(21-23-26)24-12-4-3-5-13-24)37(33)35-29-16-8-11-19-32(29)41-38(34)35/h3-23H,1-2H3. The predicted octanol–water partition coefficient (Wildman–Crippen LogP) is 11.1. The van der Waals surface area contributed by atoms with Crippen molar-refractivity contribution in [3.05, 3.63) is 139 Å². The van der Waals surface area contributed by atoms with Gasteiger partial charge in [-0.1, -0.05) is 117 Å². The van der Waals surface area contributed by atoms with E-state index in [2.05, 4.69) is 146 Å². The van der Waals surface area contributed by atoms with E-state index < -0.39 is 0 Å². The molecule has 0 spiro atoms. The zero-order valence-electron chi connectivity index (χ0n) is 23.0. The Hall–Kier alpha value is -4.66. The predicted molar refractivity (Wildman–Crippen MR) is 177 cm³/mol. The van der Waals surface area contributed by atoms with Gasteiger partial charge in [0.15, 0.2) is 0 Å². The van der Waals surface area contributed by atoms with Gasteiger partial charge in [0.05, 0.1) is 11.0 Å². The largest absolute Gasteiger partial charge is 0.309 e. The van der Waals surface area contributed by atoms with Crippen LogP contribution >= 0.6 is 11.3 Å². The number of hydrogen-bond acceptors (Lipinski definition) is 1. The molecule has 194 valence electrons. The Labute approximate surface area is 242 Å². The fraction of sp³-hybridized carbons (Fsp3) is 0.0769. The summed E-state index contributed by atoms with van der Waals surface area (Å²) in [5, 5.41) is 5.42. The lowest BCUT2D eigenvalue weighted by atomic mass is 9.80. The normalized spacial score (nSPS) is 13.8. The molecule has 0 N–H and O–H groups in total. The van der Waals surface area contributed by atoms with E-state index in [0.29, 0.717) is 0 Å². The molecule has 0 atom stereocenters. The van der Waals surface area contributed by atoms with E-state index in [1.807, 2.05) is 11.3 Å². The van der Waals surface area contributed by atoms with Crippen molar-refractivity contribution < 1.29 is 0 Å². The van der Waals surface area contributed by atoms with Crippen LogP contribution in [0, 0.1) is 0 Å². The molecule has 0 radical (unpaired) electrons. The molecular formula is C39H27NS. The third-order valence-corrected chi connectivity index (χ3v) is 10.3. The summed E-state index contributed by atoms with van der Waals surface area (Å²) in [6.45, 7) is 4.83. The first-order valence-electron chi connectivity index (χ1n) is 14.3. The Morgan fingerprint density at radius 3 is 2.07 bits per heavy atom. The van der Waals surface area contributed by atoms with Gasteiger partial charge in [0.25, 0.3) is 0 Å². The molecule has 1 aliphatic carbocycles. The lowest BCUT2D eigenvalue weighted by molar-refractivity contribution is 0.667. The number of para-hydroxylation sites is 1. The van der Waals surface area contributed by atoms with Gasteiger partial charge in [0, 0.05) is 47.6 Å². The van der Waals surface area contributed by atoms with Gasteiger partial charge in [-0.05, 0) is 52.1 Å². The van der Waals surface area contributed by atoms with Crippen LogP contribution in [0.25, 0.3) is 69.9 Å². The average molecular weight is 542 g/mol. The van der Waals surface area contributed by atoms with Crippen LogP contribution in [0.2, 0.25) is 0 Å². The lowest BCUT2D eigenvalue weighted by Crippen LogP contribution is -2.15. The highest BCUT2D eigenvalue weighted by Gasteiger charge is 2.40. The van der Waals surface area contributed by atoms with E-state index in [1.54, 1.807) is 0 Å². The molecule has 0 bridgehead atoms. The molecule has 0 amide bonds. The number of hydrogen-bond donors (Lipinski definition) is 0. The van der Waals surface area contributed by atoms with E-state index >= 15 is 0 Å². The summed E-state index contributed by atoms with van der Waals surface area (Å²) in [7, 11) is 0. The third-order valence-electron chi connectivity index (χ3n) is 9.16. The average Bonchev–Trinajstić information content (AvgIpc) is 3.64. The summed E-state index contributed by atoms with van der Waals surface area (Å²) in [5.74, 6) is 0. The van der Waals surface area contributed by atoms with E-state index in [9.17, 15) is 0 Å². The number of thiophene rings is 1. The Morgan fingerprint density at radius 2 is 1.24 bits per heavy atom. The van der Waals surface area contributed by atoms with Gasteiger partial charge in [0.1, 0.15) is 0 Å². The Kier molecular flexibility index (Phi) is 4.61. The maximum atomic E-state index is 2.53. The number of aromatic nitrogens is 1. The summed E-state index contributed by atoms with van der Waals surface area (Å²) >= 11 is 1.95. The Bertz CT molecular complexity index is 2310. The van der Waals surface area contributed by atoms with Crippen molar-refractivity contribution in [3.8, 4) is 27.9 Å². The summed E-state index contributed by atoms with van der Waals surface area (Å²) in [5.41, 5.74) is 11.8. The number of benzene rings is 6. The molecule has 0 fully saturated rings. The van der Waals surface area contributed by atoms with Crippen molar-refractivity contribution in [3.63, 3.8) is 0 Å². The molecule has 2 heterocycles. The molecule has 6 aromatic carbocycles. The summed E-state index contributed by atoms with van der Waals surface area (Å²) in [4.78, 5) is 0. The number of fused-ring (bicyclic) bond motifs is 12. The maximum Gasteiger partial charge on any atom is 0.0637 e. The molecule has 8 aromatic rings. The van der Waals surface area contributed by atoms with E-state index in [4.69, 9.17) is 0 Å². The van der Waals surface area contributed by atoms with Crippen LogP contribution in [-0.2, 0) is 5.41 Å². The van der Waals surface area contributed by atoms with Gasteiger partial charge >= 0.3 is 0 Å². The van der Waals surface area contributed by atoms with Crippen LogP contribution < -0.4 is 0 Å². The van der Waals surface area contributed by atoms with Gasteiger partial charge < -0.3 is 4.57 Å². The molecule has 9 rings (SSSR count). The second-order valence-electron chi connectivity index (χ2n) is 11.7. The highest BCUT2D eigenvalue weighted by molar-refractivity contribution is 7.26. The third kappa shape index (κ3) is 3.00. The van der Waals surface area contributed by atoms with Gasteiger partial charge in [-0.25, -0.2) is 0 Å². The lowest BCUT2D eigenvalue weighted by Gasteiger charge is -2.23. The Balaban J connectivity index is 1.49. The second-order valence-corrected chi connectivity index (χ2v) is 12.8. The van der Waals surface area contributed by atoms with Crippen LogP contribution in [0.3, 0.4) is 0 Å². The van der Waals surface area contributed by atoms with Crippen LogP contribution in [0.15, 0.2) is 127 Å². The van der Waals surface area contributed by atoms with E-state index in [0.717, 1.165) is 0 Å². The van der Waals surface area contributed by atoms with Gasteiger partial charge in [-0.15, -0.1) is 11.3 Å². The SMILES string of the molecule is CC1(C)c2ccccc2-c2c1c1c3ccccc3n(-c3ccc(-c4ccccc4)cc3)c1c1c2sc2ccccc21. The molecule has 0 saturated carbocycles. The minimum absolute atomic E-state index is 0.110. The van der Waals surface area contributed by atoms with Gasteiger partial charge in [-0.2, -0.15) is 0 Å². The van der Waals surface area contributed by atoms with Gasteiger partial charge in [0.2, 0.25) is 0 Å². The quantitative estimate of drug-likeness (QED) is 0.205. The van der Waals surface area contributed by atoms with Crippen LogP contribution in [0.4, 0.5) is 0 Å². The molecular weight excluding hydrogens is 515 g/mol. The number of rotatable bonds is 2. The van der Waals surface area contributed by atoms with Crippen molar-refractivity contribution >= 4 is 53.3 Å². The zero-order chi connectivity index (χ0) is 27.3. The minimum atomic E-state index is -0.110. The second kappa shape index (κ2) is 8.19. The van der Waals surface area contributed by atoms with Gasteiger partial charge in [-0.3, -0.25) is 0 Å². The van der Waals surface area contributed by atoms with Crippen molar-refractivity contribution in [1.82, 2.24) is 4.57 Å². The number of nitrogens with zero attached hydrogens (tertiary/aromatic N) is 1. The van der Waals surface area contributed by atoms with Crippen molar-refractivity contribution in [2.45, 2.75) is 19.3 Å². The monoisotopic (exact) mass is 541 g/mol. The minimum Gasteiger partial charge on any atom is -0.309 e. The van der Waals surface area contributed by atoms with E-state index in [-0.39, 0.29) is 5.41 Å².